The Morgan fingerprint density at radius 1 is 1.13 bits per heavy atom. The van der Waals surface area contributed by atoms with E-state index in [4.69, 9.17) is 20.8 Å². The van der Waals surface area contributed by atoms with Crippen molar-refractivity contribution in [2.24, 2.45) is 5.73 Å². The molecule has 1 fully saturated rings. The van der Waals surface area contributed by atoms with Crippen molar-refractivity contribution in [1.29, 1.82) is 5.26 Å². The van der Waals surface area contributed by atoms with Crippen molar-refractivity contribution in [1.82, 2.24) is 9.80 Å². The normalized spacial score (nSPS) is 12.6. The Morgan fingerprint density at radius 3 is 2.22 bits per heavy atom. The molecular weight excluding hydrogens is 643 g/mol. The number of fused-ring (bicyclic) bond motifs is 1. The van der Waals surface area contributed by atoms with Crippen LogP contribution in [-0.2, 0) is 24.6 Å². The summed E-state index contributed by atoms with van der Waals surface area (Å²) in [6.45, 7) is 6.51. The summed E-state index contributed by atoms with van der Waals surface area (Å²) in [6.07, 6.45) is 3.43. The number of nitrogens with two attached hydrogens (primary N) is 1. The summed E-state index contributed by atoms with van der Waals surface area (Å²) in [7, 11) is -3.94. The zero-order valence-corrected chi connectivity index (χ0v) is 27.3. The molecule has 46 heavy (non-hydrogen) atoms. The molecule has 12 nitrogen and oxygen atoms in total. The van der Waals surface area contributed by atoms with Gasteiger partial charge >= 0.3 is 13.3 Å². The number of thiophene rings is 1. The molecule has 1 aromatic heterocycles. The molecule has 16 heteroatoms. The zero-order valence-electron chi connectivity index (χ0n) is 25.6. The molecule has 0 radical (unpaired) electrons. The summed E-state index contributed by atoms with van der Waals surface area (Å²) < 4.78 is 38.3. The van der Waals surface area contributed by atoms with Crippen LogP contribution in [0.5, 0.6) is 0 Å². The molecule has 0 aliphatic carbocycles. The first-order chi connectivity index (χ1) is 21.5. The highest BCUT2D eigenvalue weighted by atomic mass is 32.1. The number of rotatable bonds is 9. The van der Waals surface area contributed by atoms with E-state index < -0.39 is 24.7 Å². The van der Waals surface area contributed by atoms with Crippen molar-refractivity contribution in [3.05, 3.63) is 64.5 Å². The Kier molecular flexibility index (Phi) is 14.0. The Labute approximate surface area is 269 Å². The lowest BCUT2D eigenvalue weighted by Crippen LogP contribution is -2.34. The number of carbonyl (C=O) groups excluding carboxylic acids is 4. The van der Waals surface area contributed by atoms with Gasteiger partial charge in [-0.25, -0.2) is 0 Å². The quantitative estimate of drug-likeness (QED) is 0.221. The molecule has 0 unspecified atom stereocenters. The standard InChI is InChI=1S/C11H20N2O2.C10H8F2NO4PS.C9H8N2O/c1-3-12(10(2)14)9-6-11(15)13-7-4-5-8-13;11-10(12,18(15,16)17)6-1-2-7-5(3-6)4-8(19-7)9(13)14;1-11(7-12)9-4-2-8(6-10)3-5-9/h3-9H2,1-2H3;1-4H,(H2,13,14)(H2,15,16,17);2-5,7H,1H3. The number of amides is 4. The molecule has 248 valence electrons. The van der Waals surface area contributed by atoms with Gasteiger partial charge in [0.1, 0.15) is 0 Å². The molecule has 0 bridgehead atoms. The second-order valence-electron chi connectivity index (χ2n) is 10.1. The van der Waals surface area contributed by atoms with E-state index in [0.717, 1.165) is 61.5 Å². The van der Waals surface area contributed by atoms with E-state index in [1.807, 2.05) is 17.9 Å². The fourth-order valence-corrected chi connectivity index (χ4v) is 5.62. The van der Waals surface area contributed by atoms with Gasteiger partial charge in [-0.1, -0.05) is 6.07 Å². The van der Waals surface area contributed by atoms with Gasteiger partial charge in [0.05, 0.1) is 16.5 Å². The third kappa shape index (κ3) is 10.4. The van der Waals surface area contributed by atoms with Crippen LogP contribution >= 0.6 is 18.9 Å². The van der Waals surface area contributed by atoms with E-state index in [0.29, 0.717) is 29.8 Å². The van der Waals surface area contributed by atoms with Crippen molar-refractivity contribution in [3.8, 4) is 6.07 Å². The highest BCUT2D eigenvalue weighted by Crippen LogP contribution is 2.59. The zero-order chi connectivity index (χ0) is 34.7. The Morgan fingerprint density at radius 2 is 1.74 bits per heavy atom. The average molecular weight is 680 g/mol. The summed E-state index contributed by atoms with van der Waals surface area (Å²) in [5.41, 5.74) is 1.38. The van der Waals surface area contributed by atoms with Crippen molar-refractivity contribution in [2.45, 2.75) is 38.8 Å². The van der Waals surface area contributed by atoms with Crippen LogP contribution in [0.4, 0.5) is 14.5 Å². The summed E-state index contributed by atoms with van der Waals surface area (Å²) in [4.78, 5) is 66.6. The molecule has 3 aromatic rings. The maximum Gasteiger partial charge on any atom is 0.399 e. The maximum atomic E-state index is 13.5. The Balaban J connectivity index is 0.000000247. The summed E-state index contributed by atoms with van der Waals surface area (Å²) >= 11 is 1.02. The number of primary amides is 1. The predicted molar refractivity (Wildman–Crippen MR) is 170 cm³/mol. The highest BCUT2D eigenvalue weighted by Gasteiger charge is 2.50. The van der Waals surface area contributed by atoms with Crippen molar-refractivity contribution in [2.75, 3.05) is 38.1 Å². The van der Waals surface area contributed by atoms with Crippen molar-refractivity contribution in [3.63, 3.8) is 0 Å². The smallest absolute Gasteiger partial charge is 0.365 e. The molecule has 4 amide bonds. The number of hydrogen-bond acceptors (Lipinski definition) is 7. The SMILES string of the molecule is CCN(CCC(=O)N1CCCC1)C(C)=O.CN(C=O)c1ccc(C#N)cc1.NC(=O)c1cc2cc(C(F)(F)P(=O)(O)O)ccc2s1. The van der Waals surface area contributed by atoms with Crippen LogP contribution in [0.15, 0.2) is 48.5 Å². The van der Waals surface area contributed by atoms with Gasteiger partial charge in [0.2, 0.25) is 18.2 Å². The second kappa shape index (κ2) is 16.9. The summed E-state index contributed by atoms with van der Waals surface area (Å²) in [5.74, 6) is -0.455. The molecule has 2 heterocycles. The van der Waals surface area contributed by atoms with E-state index in [9.17, 15) is 32.5 Å². The predicted octanol–water partition coefficient (Wildman–Crippen LogP) is 4.25. The minimum atomic E-state index is -5.60. The first-order valence-corrected chi connectivity index (χ1v) is 16.5. The lowest BCUT2D eigenvalue weighted by Gasteiger charge is -2.21. The third-order valence-corrected chi connectivity index (χ3v) is 9.04. The Hall–Kier alpha value is -4.22. The number of benzene rings is 2. The van der Waals surface area contributed by atoms with Crippen molar-refractivity contribution < 1.29 is 42.3 Å². The molecule has 0 spiro atoms. The number of anilines is 1. The average Bonchev–Trinajstić information content (AvgIpc) is 3.71. The molecule has 0 atom stereocenters. The molecular formula is C30H36F2N5O7PS. The minimum Gasteiger partial charge on any atom is -0.365 e. The lowest BCUT2D eigenvalue weighted by atomic mass is 10.1. The second-order valence-corrected chi connectivity index (χ2v) is 12.9. The Bertz CT molecular complexity index is 1620. The monoisotopic (exact) mass is 679 g/mol. The van der Waals surface area contributed by atoms with Gasteiger partial charge in [0.25, 0.3) is 5.91 Å². The number of halogens is 2. The third-order valence-electron chi connectivity index (χ3n) is 6.92. The van der Waals surface area contributed by atoms with Crippen LogP contribution in [0.25, 0.3) is 10.1 Å². The summed E-state index contributed by atoms with van der Waals surface area (Å²) in [6, 6.07) is 13.3. The molecule has 1 aliphatic rings. The van der Waals surface area contributed by atoms with Gasteiger partial charge in [0.15, 0.2) is 0 Å². The summed E-state index contributed by atoms with van der Waals surface area (Å²) in [5, 5.41) is 8.77. The minimum absolute atomic E-state index is 0.0479. The molecule has 1 aliphatic heterocycles. The van der Waals surface area contributed by atoms with Gasteiger partial charge in [-0.3, -0.25) is 23.7 Å². The number of nitriles is 1. The molecule has 1 saturated heterocycles. The number of nitrogens with zero attached hydrogens (tertiary/aromatic N) is 4. The molecule has 4 rings (SSSR count). The van der Waals surface area contributed by atoms with Gasteiger partial charge in [0, 0.05) is 62.5 Å². The molecule has 0 saturated carbocycles. The van der Waals surface area contributed by atoms with Gasteiger partial charge < -0.3 is 30.2 Å². The van der Waals surface area contributed by atoms with Crippen LogP contribution in [-0.4, -0.2) is 76.9 Å². The number of alkyl halides is 2. The van der Waals surface area contributed by atoms with Gasteiger partial charge in [-0.05, 0) is 67.6 Å². The van der Waals surface area contributed by atoms with Crippen molar-refractivity contribution >= 4 is 58.8 Å². The number of carbonyl (C=O) groups is 4. The topological polar surface area (TPSA) is 185 Å². The van der Waals surface area contributed by atoms with Crippen LogP contribution in [0, 0.1) is 11.3 Å². The van der Waals surface area contributed by atoms with E-state index in [-0.39, 0.29) is 22.1 Å². The first-order valence-electron chi connectivity index (χ1n) is 14.0. The lowest BCUT2D eigenvalue weighted by molar-refractivity contribution is -0.132. The van der Waals surface area contributed by atoms with E-state index in [2.05, 4.69) is 0 Å². The van der Waals surface area contributed by atoms with E-state index in [1.165, 1.54) is 17.0 Å². The maximum absolute atomic E-state index is 13.5. The van der Waals surface area contributed by atoms with Crippen LogP contribution in [0.2, 0.25) is 0 Å². The van der Waals surface area contributed by atoms with E-state index >= 15 is 0 Å². The largest absolute Gasteiger partial charge is 0.399 e. The number of hydrogen-bond donors (Lipinski definition) is 3. The fraction of sp³-hybridized carbons (Fsp3) is 0.367. The highest BCUT2D eigenvalue weighted by molar-refractivity contribution is 7.52. The van der Waals surface area contributed by atoms with Gasteiger partial charge in [-0.2, -0.15) is 14.0 Å². The van der Waals surface area contributed by atoms with Gasteiger partial charge in [-0.15, -0.1) is 11.3 Å². The van der Waals surface area contributed by atoms with Crippen LogP contribution < -0.4 is 10.6 Å². The molecule has 2 aromatic carbocycles. The van der Waals surface area contributed by atoms with Crippen LogP contribution in [0.1, 0.15) is 53.9 Å². The first kappa shape index (κ1) is 38.0. The van der Waals surface area contributed by atoms with E-state index in [1.54, 1.807) is 43.1 Å². The molecule has 4 N–H and O–H groups in total. The van der Waals surface area contributed by atoms with Crippen LogP contribution in [0.3, 0.4) is 0 Å². The number of likely N-dealkylation sites (tertiary alicyclic amines) is 1. The fourth-order valence-electron chi connectivity index (χ4n) is 4.25.